The van der Waals surface area contributed by atoms with Crippen LogP contribution in [0.3, 0.4) is 0 Å². The SMILES string of the molecule is COc1ccc(/C=C/[C@@H]2C=CC[C@H]2N(NC(=O)OC(C)C)C(=O)OC(C)C)cc1. The molecule has 1 N–H and O–H groups in total. The second-order valence-electron chi connectivity index (χ2n) is 7.31. The Bertz CT molecular complexity index is 740. The van der Waals surface area contributed by atoms with Gasteiger partial charge in [0.2, 0.25) is 0 Å². The third-order valence-electron chi connectivity index (χ3n) is 4.23. The van der Waals surface area contributed by atoms with Gasteiger partial charge in [-0.3, -0.25) is 0 Å². The van der Waals surface area contributed by atoms with Crippen molar-refractivity contribution in [1.29, 1.82) is 0 Å². The van der Waals surface area contributed by atoms with Gasteiger partial charge in [-0.15, -0.1) is 0 Å². The van der Waals surface area contributed by atoms with E-state index in [1.807, 2.05) is 48.6 Å². The lowest BCUT2D eigenvalue weighted by Crippen LogP contribution is -2.54. The molecule has 0 spiro atoms. The molecule has 1 aliphatic rings. The predicted octanol–water partition coefficient (Wildman–Crippen LogP) is 4.55. The second kappa shape index (κ2) is 10.5. The minimum Gasteiger partial charge on any atom is -0.497 e. The Labute approximate surface area is 172 Å². The van der Waals surface area contributed by atoms with Gasteiger partial charge in [-0.05, 0) is 51.8 Å². The van der Waals surface area contributed by atoms with Crippen LogP contribution in [0.5, 0.6) is 5.75 Å². The van der Waals surface area contributed by atoms with Crippen molar-refractivity contribution in [2.24, 2.45) is 5.92 Å². The molecule has 0 bridgehead atoms. The molecule has 1 aliphatic carbocycles. The normalized spacial score (nSPS) is 18.3. The van der Waals surface area contributed by atoms with Crippen molar-refractivity contribution in [1.82, 2.24) is 10.4 Å². The van der Waals surface area contributed by atoms with E-state index in [4.69, 9.17) is 14.2 Å². The van der Waals surface area contributed by atoms with Crippen molar-refractivity contribution in [3.63, 3.8) is 0 Å². The van der Waals surface area contributed by atoms with Crippen LogP contribution in [0, 0.1) is 5.92 Å². The van der Waals surface area contributed by atoms with E-state index in [9.17, 15) is 9.59 Å². The number of nitrogens with zero attached hydrogens (tertiary/aromatic N) is 1. The van der Waals surface area contributed by atoms with E-state index in [-0.39, 0.29) is 24.2 Å². The Kier molecular flexibility index (Phi) is 8.12. The zero-order chi connectivity index (χ0) is 21.4. The maximum atomic E-state index is 12.6. The first-order valence-corrected chi connectivity index (χ1v) is 9.76. The highest BCUT2D eigenvalue weighted by atomic mass is 16.6. The highest BCUT2D eigenvalue weighted by Crippen LogP contribution is 2.26. The molecule has 7 nitrogen and oxygen atoms in total. The summed E-state index contributed by atoms with van der Waals surface area (Å²) in [5.41, 5.74) is 3.55. The first kappa shape index (κ1) is 22.3. The number of hydrazine groups is 1. The van der Waals surface area contributed by atoms with Gasteiger partial charge in [0.1, 0.15) is 5.75 Å². The molecule has 7 heteroatoms. The summed E-state index contributed by atoms with van der Waals surface area (Å²) in [6.45, 7) is 7.01. The lowest BCUT2D eigenvalue weighted by Gasteiger charge is -2.31. The average molecular weight is 402 g/mol. The number of hydrogen-bond donors (Lipinski definition) is 1. The Hall–Kier alpha value is -2.96. The minimum absolute atomic E-state index is 0.0869. The molecule has 0 heterocycles. The predicted molar refractivity (Wildman–Crippen MR) is 111 cm³/mol. The molecule has 0 unspecified atom stereocenters. The van der Waals surface area contributed by atoms with Crippen molar-refractivity contribution in [2.45, 2.75) is 52.4 Å². The molecular formula is C22H30N2O5. The Morgan fingerprint density at radius 3 is 2.34 bits per heavy atom. The number of carbonyl (C=O) groups excluding carboxylic acids is 2. The second-order valence-corrected chi connectivity index (χ2v) is 7.31. The van der Waals surface area contributed by atoms with Gasteiger partial charge in [-0.1, -0.05) is 36.4 Å². The fourth-order valence-corrected chi connectivity index (χ4v) is 2.93. The summed E-state index contributed by atoms with van der Waals surface area (Å²) >= 11 is 0. The van der Waals surface area contributed by atoms with E-state index in [1.165, 1.54) is 5.01 Å². The van der Waals surface area contributed by atoms with Crippen LogP contribution in [0.2, 0.25) is 0 Å². The summed E-state index contributed by atoms with van der Waals surface area (Å²) in [4.78, 5) is 24.7. The largest absolute Gasteiger partial charge is 0.497 e. The van der Waals surface area contributed by atoms with Crippen LogP contribution in [-0.4, -0.2) is 42.6 Å². The van der Waals surface area contributed by atoms with Crippen molar-refractivity contribution >= 4 is 18.3 Å². The molecule has 0 radical (unpaired) electrons. The Morgan fingerprint density at radius 1 is 1.10 bits per heavy atom. The highest BCUT2D eigenvalue weighted by Gasteiger charge is 2.34. The van der Waals surface area contributed by atoms with Gasteiger partial charge < -0.3 is 14.2 Å². The number of ether oxygens (including phenoxy) is 3. The molecule has 0 aromatic heterocycles. The summed E-state index contributed by atoms with van der Waals surface area (Å²) in [5, 5.41) is 1.23. The fourth-order valence-electron chi connectivity index (χ4n) is 2.93. The molecule has 0 fully saturated rings. The summed E-state index contributed by atoms with van der Waals surface area (Å²) in [5.74, 6) is 0.701. The van der Waals surface area contributed by atoms with Gasteiger partial charge >= 0.3 is 12.2 Å². The molecule has 2 rings (SSSR count). The molecule has 0 saturated heterocycles. The van der Waals surface area contributed by atoms with Gasteiger partial charge in [0, 0.05) is 5.92 Å². The van der Waals surface area contributed by atoms with Gasteiger partial charge in [0.15, 0.2) is 0 Å². The Morgan fingerprint density at radius 2 is 1.76 bits per heavy atom. The minimum atomic E-state index is -0.689. The average Bonchev–Trinajstić information content (AvgIpc) is 3.11. The van der Waals surface area contributed by atoms with Crippen molar-refractivity contribution in [2.75, 3.05) is 7.11 Å². The molecule has 2 atom stereocenters. The third kappa shape index (κ3) is 6.85. The maximum absolute atomic E-state index is 12.6. The van der Waals surface area contributed by atoms with Crippen LogP contribution in [-0.2, 0) is 9.47 Å². The highest BCUT2D eigenvalue weighted by molar-refractivity contribution is 5.74. The summed E-state index contributed by atoms with van der Waals surface area (Å²) in [6.07, 6.45) is 6.65. The van der Waals surface area contributed by atoms with E-state index in [1.54, 1.807) is 34.8 Å². The number of rotatable bonds is 6. The maximum Gasteiger partial charge on any atom is 0.429 e. The summed E-state index contributed by atoms with van der Waals surface area (Å²) in [7, 11) is 1.63. The third-order valence-corrected chi connectivity index (χ3v) is 4.23. The monoisotopic (exact) mass is 402 g/mol. The van der Waals surface area contributed by atoms with Crippen molar-refractivity contribution in [3.05, 3.63) is 48.1 Å². The van der Waals surface area contributed by atoms with Gasteiger partial charge in [-0.2, -0.15) is 0 Å². The van der Waals surface area contributed by atoms with Crippen LogP contribution >= 0.6 is 0 Å². The topological polar surface area (TPSA) is 77.1 Å². The summed E-state index contributed by atoms with van der Waals surface area (Å²) in [6, 6.07) is 7.36. The van der Waals surface area contributed by atoms with Gasteiger partial charge in [0.05, 0.1) is 25.4 Å². The van der Waals surface area contributed by atoms with Gasteiger partial charge in [0.25, 0.3) is 0 Å². The lowest BCUT2D eigenvalue weighted by atomic mass is 10.0. The van der Waals surface area contributed by atoms with Crippen LogP contribution in [0.25, 0.3) is 6.08 Å². The van der Waals surface area contributed by atoms with Crippen LogP contribution in [0.15, 0.2) is 42.5 Å². The molecule has 158 valence electrons. The Balaban J connectivity index is 2.15. The number of methoxy groups -OCH3 is 1. The molecule has 29 heavy (non-hydrogen) atoms. The van der Waals surface area contributed by atoms with Gasteiger partial charge in [-0.25, -0.2) is 20.0 Å². The first-order chi connectivity index (χ1) is 13.8. The number of amides is 2. The van der Waals surface area contributed by atoms with Crippen LogP contribution < -0.4 is 10.2 Å². The van der Waals surface area contributed by atoms with Crippen LogP contribution in [0.4, 0.5) is 9.59 Å². The number of carbonyl (C=O) groups is 2. The van der Waals surface area contributed by atoms with E-state index in [2.05, 4.69) is 5.43 Å². The van der Waals surface area contributed by atoms with E-state index in [0.717, 1.165) is 11.3 Å². The smallest absolute Gasteiger partial charge is 0.429 e. The van der Waals surface area contributed by atoms with E-state index < -0.39 is 12.2 Å². The molecular weight excluding hydrogens is 372 g/mol. The standard InChI is InChI=1S/C22H30N2O5/c1-15(2)28-21(25)23-24(22(26)29-16(3)4)20-8-6-7-18(20)12-9-17-10-13-19(27-5)14-11-17/h6-7,9-16,18,20H,8H2,1-5H3,(H,23,25)/b12-9+/t18-,20+/m0/s1. The fraction of sp³-hybridized carbons (Fsp3) is 0.455. The van der Waals surface area contributed by atoms with E-state index in [0.29, 0.717) is 6.42 Å². The number of hydrogen-bond acceptors (Lipinski definition) is 5. The van der Waals surface area contributed by atoms with Crippen LogP contribution in [0.1, 0.15) is 39.7 Å². The molecule has 0 saturated carbocycles. The van der Waals surface area contributed by atoms with Crippen molar-refractivity contribution < 1.29 is 23.8 Å². The molecule has 1 aromatic carbocycles. The molecule has 2 amide bonds. The zero-order valence-electron chi connectivity index (χ0n) is 17.6. The first-order valence-electron chi connectivity index (χ1n) is 9.76. The number of benzene rings is 1. The quantitative estimate of drug-likeness (QED) is 0.558. The number of nitrogens with one attached hydrogen (secondary N) is 1. The van der Waals surface area contributed by atoms with E-state index >= 15 is 0 Å². The zero-order valence-corrected chi connectivity index (χ0v) is 17.6. The molecule has 0 aliphatic heterocycles. The lowest BCUT2D eigenvalue weighted by molar-refractivity contribution is 0.0290. The molecule has 1 aromatic rings. The summed E-state index contributed by atoms with van der Waals surface area (Å²) < 4.78 is 15.6. The van der Waals surface area contributed by atoms with Crippen molar-refractivity contribution in [3.8, 4) is 5.75 Å².